The number of amides is 1. The van der Waals surface area contributed by atoms with Crippen molar-refractivity contribution in [3.8, 4) is 0 Å². The minimum Gasteiger partial charge on any atom is -0.343 e. The van der Waals surface area contributed by atoms with E-state index in [2.05, 4.69) is 23.6 Å². The monoisotopic (exact) mass is 296 g/mol. The van der Waals surface area contributed by atoms with Gasteiger partial charge in [0.2, 0.25) is 5.91 Å². The van der Waals surface area contributed by atoms with Crippen LogP contribution in [-0.4, -0.2) is 78.5 Å². The van der Waals surface area contributed by atoms with Crippen molar-refractivity contribution in [3.63, 3.8) is 0 Å². The molecule has 0 spiro atoms. The van der Waals surface area contributed by atoms with Gasteiger partial charge >= 0.3 is 0 Å². The van der Waals surface area contributed by atoms with Crippen LogP contribution in [0.15, 0.2) is 0 Å². The maximum Gasteiger partial charge on any atom is 0.224 e. The van der Waals surface area contributed by atoms with Gasteiger partial charge in [-0.25, -0.2) is 0 Å². The largest absolute Gasteiger partial charge is 0.343 e. The van der Waals surface area contributed by atoms with Crippen molar-refractivity contribution >= 4 is 5.91 Å². The Kier molecular flexibility index (Phi) is 6.45. The van der Waals surface area contributed by atoms with E-state index in [0.29, 0.717) is 24.9 Å². The van der Waals surface area contributed by atoms with E-state index in [9.17, 15) is 4.79 Å². The maximum absolute atomic E-state index is 12.3. The van der Waals surface area contributed by atoms with Gasteiger partial charge in [-0.2, -0.15) is 0 Å². The van der Waals surface area contributed by atoms with Gasteiger partial charge in [-0.3, -0.25) is 14.6 Å². The van der Waals surface area contributed by atoms with Crippen molar-refractivity contribution < 1.29 is 4.79 Å². The van der Waals surface area contributed by atoms with E-state index in [1.54, 1.807) is 0 Å². The molecule has 2 aliphatic rings. The Bertz CT molecular complexity index is 322. The molecule has 122 valence electrons. The van der Waals surface area contributed by atoms with Gasteiger partial charge in [-0.05, 0) is 26.2 Å². The highest BCUT2D eigenvalue weighted by Crippen LogP contribution is 2.15. The van der Waals surface area contributed by atoms with Crippen LogP contribution in [0.1, 0.15) is 39.5 Å². The van der Waals surface area contributed by atoms with Gasteiger partial charge in [0.1, 0.15) is 0 Å². The Morgan fingerprint density at radius 2 is 1.62 bits per heavy atom. The van der Waals surface area contributed by atoms with Crippen LogP contribution in [-0.2, 0) is 4.79 Å². The summed E-state index contributed by atoms with van der Waals surface area (Å²) in [5.74, 6) is 0.298. The second-order valence-corrected chi connectivity index (χ2v) is 6.51. The summed E-state index contributed by atoms with van der Waals surface area (Å²) in [5, 5.41) is 0. The Labute approximate surface area is 129 Å². The van der Waals surface area contributed by atoms with Crippen LogP contribution in [0, 0.1) is 0 Å². The molecule has 2 saturated heterocycles. The van der Waals surface area contributed by atoms with Gasteiger partial charge in [0.05, 0.1) is 0 Å². The molecule has 5 nitrogen and oxygen atoms in total. The molecule has 0 aliphatic carbocycles. The highest BCUT2D eigenvalue weighted by Gasteiger charge is 2.28. The minimum absolute atomic E-state index is 0.220. The third kappa shape index (κ3) is 4.41. The number of rotatable bonds is 6. The van der Waals surface area contributed by atoms with Crippen LogP contribution >= 0.6 is 0 Å². The molecular formula is C16H32N4O. The van der Waals surface area contributed by atoms with Crippen LogP contribution in [0.5, 0.6) is 0 Å². The highest BCUT2D eigenvalue weighted by atomic mass is 16.2. The number of nitrogens with two attached hydrogens (primary N) is 1. The molecule has 21 heavy (non-hydrogen) atoms. The molecule has 2 N–H and O–H groups in total. The molecule has 0 saturated carbocycles. The fourth-order valence-electron chi connectivity index (χ4n) is 3.46. The quantitative estimate of drug-likeness (QED) is 0.785. The number of hydrogen-bond acceptors (Lipinski definition) is 4. The summed E-state index contributed by atoms with van der Waals surface area (Å²) in [6, 6.07) is 0.881. The predicted molar refractivity (Wildman–Crippen MR) is 86.2 cm³/mol. The summed E-state index contributed by atoms with van der Waals surface area (Å²) in [4.78, 5) is 19.3. The number of nitrogens with zero attached hydrogens (tertiary/aromatic N) is 3. The molecule has 0 aromatic carbocycles. The zero-order valence-electron chi connectivity index (χ0n) is 13.8. The fraction of sp³-hybridized carbons (Fsp3) is 0.938. The van der Waals surface area contributed by atoms with Crippen LogP contribution in [0.25, 0.3) is 0 Å². The zero-order chi connectivity index (χ0) is 15.2. The second-order valence-electron chi connectivity index (χ2n) is 6.51. The molecule has 2 rings (SSSR count). The van der Waals surface area contributed by atoms with Gasteiger partial charge in [-0.1, -0.05) is 6.92 Å². The van der Waals surface area contributed by atoms with Crippen molar-refractivity contribution in [1.29, 1.82) is 0 Å². The lowest BCUT2D eigenvalue weighted by atomic mass is 10.1. The van der Waals surface area contributed by atoms with E-state index in [-0.39, 0.29) is 6.04 Å². The van der Waals surface area contributed by atoms with E-state index in [1.807, 2.05) is 4.90 Å². The maximum atomic E-state index is 12.3. The summed E-state index contributed by atoms with van der Waals surface area (Å²) in [5.41, 5.74) is 5.95. The lowest BCUT2D eigenvalue weighted by molar-refractivity contribution is -0.131. The van der Waals surface area contributed by atoms with E-state index in [0.717, 1.165) is 52.1 Å². The lowest BCUT2D eigenvalue weighted by Gasteiger charge is -2.41. The molecule has 0 aromatic rings. The first kappa shape index (κ1) is 16.7. The number of carbonyl (C=O) groups is 1. The molecule has 1 amide bonds. The summed E-state index contributed by atoms with van der Waals surface area (Å²) in [6.45, 7) is 11.3. The van der Waals surface area contributed by atoms with Crippen molar-refractivity contribution in [2.24, 2.45) is 5.73 Å². The molecule has 0 radical (unpaired) electrons. The first-order valence-electron chi connectivity index (χ1n) is 8.61. The molecule has 5 heteroatoms. The topological polar surface area (TPSA) is 52.8 Å². The molecule has 2 atom stereocenters. The summed E-state index contributed by atoms with van der Waals surface area (Å²) in [6.07, 6.45) is 4.12. The molecule has 0 aromatic heterocycles. The second kappa shape index (κ2) is 8.11. The molecule has 0 bridgehead atoms. The molecule has 2 fully saturated rings. The number of carbonyl (C=O) groups excluding carboxylic acids is 1. The Hall–Kier alpha value is -0.650. The molecular weight excluding hydrogens is 264 g/mol. The smallest absolute Gasteiger partial charge is 0.224 e. The van der Waals surface area contributed by atoms with Gasteiger partial charge < -0.3 is 10.6 Å². The normalized spacial score (nSPS) is 24.2. The summed E-state index contributed by atoms with van der Waals surface area (Å²) < 4.78 is 0. The van der Waals surface area contributed by atoms with E-state index < -0.39 is 0 Å². The van der Waals surface area contributed by atoms with Gasteiger partial charge in [0.15, 0.2) is 0 Å². The average Bonchev–Trinajstić information content (AvgIpc) is 3.06. The SMILES string of the molecule is CCC(C)N1CCN(C(CN)CC(=O)N2CCCC2)CC1. The van der Waals surface area contributed by atoms with Gasteiger partial charge in [0, 0.05) is 64.3 Å². The van der Waals surface area contributed by atoms with Crippen molar-refractivity contribution in [3.05, 3.63) is 0 Å². The van der Waals surface area contributed by atoms with Gasteiger partial charge in [0.25, 0.3) is 0 Å². The molecule has 2 aliphatic heterocycles. The van der Waals surface area contributed by atoms with Crippen LogP contribution in [0.2, 0.25) is 0 Å². The van der Waals surface area contributed by atoms with Gasteiger partial charge in [-0.15, -0.1) is 0 Å². The number of likely N-dealkylation sites (tertiary alicyclic amines) is 1. The highest BCUT2D eigenvalue weighted by molar-refractivity contribution is 5.77. The standard InChI is InChI=1S/C16H32N4O/c1-3-14(2)18-8-10-19(11-9-18)15(13-17)12-16(21)20-6-4-5-7-20/h14-15H,3-13,17H2,1-2H3. The third-order valence-electron chi connectivity index (χ3n) is 5.22. The van der Waals surface area contributed by atoms with Crippen molar-refractivity contribution in [2.75, 3.05) is 45.8 Å². The first-order chi connectivity index (χ1) is 10.2. The van der Waals surface area contributed by atoms with Crippen LogP contribution in [0.4, 0.5) is 0 Å². The lowest BCUT2D eigenvalue weighted by Crippen LogP contribution is -2.55. The predicted octanol–water partition coefficient (Wildman–Crippen LogP) is 0.742. The van der Waals surface area contributed by atoms with E-state index in [4.69, 9.17) is 5.73 Å². The Morgan fingerprint density at radius 3 is 2.14 bits per heavy atom. The molecule has 2 heterocycles. The van der Waals surface area contributed by atoms with E-state index in [1.165, 1.54) is 6.42 Å². The average molecular weight is 296 g/mol. The van der Waals surface area contributed by atoms with Crippen LogP contribution < -0.4 is 5.73 Å². The van der Waals surface area contributed by atoms with E-state index >= 15 is 0 Å². The zero-order valence-corrected chi connectivity index (χ0v) is 13.8. The molecule has 2 unspecified atom stereocenters. The summed E-state index contributed by atoms with van der Waals surface area (Å²) >= 11 is 0. The third-order valence-corrected chi connectivity index (χ3v) is 5.22. The van der Waals surface area contributed by atoms with Crippen molar-refractivity contribution in [2.45, 2.75) is 51.6 Å². The first-order valence-corrected chi connectivity index (χ1v) is 8.61. The number of piperazine rings is 1. The fourth-order valence-corrected chi connectivity index (χ4v) is 3.46. The Morgan fingerprint density at radius 1 is 1.05 bits per heavy atom. The summed E-state index contributed by atoms with van der Waals surface area (Å²) in [7, 11) is 0. The minimum atomic E-state index is 0.220. The van der Waals surface area contributed by atoms with Crippen molar-refractivity contribution in [1.82, 2.24) is 14.7 Å². The number of hydrogen-bond donors (Lipinski definition) is 1. The van der Waals surface area contributed by atoms with Crippen LogP contribution in [0.3, 0.4) is 0 Å². The Balaban J connectivity index is 1.80.